The van der Waals surface area contributed by atoms with Gasteiger partial charge in [-0.3, -0.25) is 9.69 Å². The van der Waals surface area contributed by atoms with Gasteiger partial charge in [0.1, 0.15) is 11.4 Å². The van der Waals surface area contributed by atoms with Crippen LogP contribution in [0.4, 0.5) is 4.79 Å². The fraction of sp³-hybridized carbons (Fsp3) is 0.500. The smallest absolute Gasteiger partial charge is 0.410 e. The number of likely N-dealkylation sites (tertiary alicyclic amines) is 1. The molecule has 3 aliphatic rings. The monoisotopic (exact) mass is 477 g/mol. The van der Waals surface area contributed by atoms with Crippen LogP contribution in [-0.2, 0) is 16.1 Å². The topological polar surface area (TPSA) is 71.1 Å². The minimum absolute atomic E-state index is 0.0319. The largest absolute Gasteiger partial charge is 0.497 e. The van der Waals surface area contributed by atoms with Gasteiger partial charge in [-0.1, -0.05) is 42.5 Å². The van der Waals surface area contributed by atoms with Gasteiger partial charge in [0.25, 0.3) is 0 Å². The van der Waals surface area contributed by atoms with Crippen molar-refractivity contribution in [2.75, 3.05) is 33.3 Å². The Balaban J connectivity index is 1.13. The number of hydrogen-bond donors (Lipinski definition) is 1. The first-order chi connectivity index (χ1) is 17.0. The third kappa shape index (κ3) is 5.78. The van der Waals surface area contributed by atoms with E-state index in [1.807, 2.05) is 47.4 Å². The molecule has 1 aliphatic carbocycles. The summed E-state index contributed by atoms with van der Waals surface area (Å²) in [6.07, 6.45) is 4.34. The van der Waals surface area contributed by atoms with Gasteiger partial charge in [0.05, 0.1) is 19.7 Å². The third-order valence-electron chi connectivity index (χ3n) is 7.54. The molecule has 7 heteroatoms. The number of methoxy groups -OCH3 is 1. The average molecular weight is 478 g/mol. The van der Waals surface area contributed by atoms with Crippen LogP contribution in [0.25, 0.3) is 0 Å². The molecular weight excluding hydrogens is 442 g/mol. The molecule has 2 aromatic rings. The fourth-order valence-electron chi connectivity index (χ4n) is 5.16. The number of amides is 2. The second-order valence-corrected chi connectivity index (χ2v) is 10.1. The first-order valence-electron chi connectivity index (χ1n) is 12.7. The van der Waals surface area contributed by atoms with Gasteiger partial charge in [-0.05, 0) is 42.5 Å². The molecule has 0 radical (unpaired) electrons. The van der Waals surface area contributed by atoms with Gasteiger partial charge < -0.3 is 19.7 Å². The van der Waals surface area contributed by atoms with Gasteiger partial charge in [0.2, 0.25) is 5.91 Å². The number of piperidine rings is 1. The van der Waals surface area contributed by atoms with E-state index in [0.29, 0.717) is 13.1 Å². The lowest BCUT2D eigenvalue weighted by Crippen LogP contribution is -2.47. The second kappa shape index (κ2) is 10.3. The Kier molecular flexibility index (Phi) is 6.95. The maximum absolute atomic E-state index is 12.6. The number of ether oxygens (including phenoxy) is 2. The van der Waals surface area contributed by atoms with Crippen molar-refractivity contribution in [3.05, 3.63) is 65.7 Å². The van der Waals surface area contributed by atoms with Crippen LogP contribution in [0.1, 0.15) is 49.3 Å². The highest BCUT2D eigenvalue weighted by atomic mass is 16.6. The SMILES string of the molecule is COc1ccc(CN2CC3(CCN(CC[C@H](NC(=O)C4CC4)c4ccccc4)CC3)OC2=O)cc1. The summed E-state index contributed by atoms with van der Waals surface area (Å²) in [5.74, 6) is 1.20. The predicted molar refractivity (Wildman–Crippen MR) is 133 cm³/mol. The van der Waals surface area contributed by atoms with Crippen LogP contribution in [0.3, 0.4) is 0 Å². The molecule has 1 saturated carbocycles. The molecule has 0 aromatic heterocycles. The highest BCUT2D eigenvalue weighted by Gasteiger charge is 2.46. The lowest BCUT2D eigenvalue weighted by Gasteiger charge is -2.38. The zero-order valence-corrected chi connectivity index (χ0v) is 20.4. The van der Waals surface area contributed by atoms with E-state index in [9.17, 15) is 9.59 Å². The summed E-state index contributed by atoms with van der Waals surface area (Å²) in [6.45, 7) is 3.87. The van der Waals surface area contributed by atoms with Gasteiger partial charge in [-0.25, -0.2) is 4.79 Å². The van der Waals surface area contributed by atoms with Crippen molar-refractivity contribution in [1.29, 1.82) is 0 Å². The van der Waals surface area contributed by atoms with E-state index in [1.165, 1.54) is 0 Å². The van der Waals surface area contributed by atoms with Crippen molar-refractivity contribution in [3.63, 3.8) is 0 Å². The van der Waals surface area contributed by atoms with Gasteiger partial charge in [0, 0.05) is 44.9 Å². The molecule has 0 unspecified atom stereocenters. The minimum atomic E-state index is -0.390. The van der Waals surface area contributed by atoms with Crippen molar-refractivity contribution < 1.29 is 19.1 Å². The van der Waals surface area contributed by atoms with E-state index < -0.39 is 0 Å². The fourth-order valence-corrected chi connectivity index (χ4v) is 5.16. The molecule has 186 valence electrons. The van der Waals surface area contributed by atoms with Crippen LogP contribution >= 0.6 is 0 Å². The summed E-state index contributed by atoms with van der Waals surface area (Å²) in [4.78, 5) is 29.3. The molecular formula is C28H35N3O4. The molecule has 2 amide bonds. The van der Waals surface area contributed by atoms with Gasteiger partial charge in [-0.15, -0.1) is 0 Å². The highest BCUT2D eigenvalue weighted by Crippen LogP contribution is 2.35. The van der Waals surface area contributed by atoms with Crippen molar-refractivity contribution in [2.24, 2.45) is 5.92 Å². The Hall–Kier alpha value is -3.06. The zero-order valence-electron chi connectivity index (χ0n) is 20.4. The van der Waals surface area contributed by atoms with Crippen LogP contribution in [0.2, 0.25) is 0 Å². The van der Waals surface area contributed by atoms with Gasteiger partial charge >= 0.3 is 6.09 Å². The third-order valence-corrected chi connectivity index (χ3v) is 7.54. The van der Waals surface area contributed by atoms with E-state index in [4.69, 9.17) is 9.47 Å². The molecule has 7 nitrogen and oxygen atoms in total. The van der Waals surface area contributed by atoms with Crippen LogP contribution < -0.4 is 10.1 Å². The van der Waals surface area contributed by atoms with Crippen molar-refractivity contribution >= 4 is 12.0 Å². The minimum Gasteiger partial charge on any atom is -0.497 e. The molecule has 5 rings (SSSR count). The van der Waals surface area contributed by atoms with Crippen LogP contribution in [0.5, 0.6) is 5.75 Å². The second-order valence-electron chi connectivity index (χ2n) is 10.1. The quantitative estimate of drug-likeness (QED) is 0.588. The number of hydrogen-bond acceptors (Lipinski definition) is 5. The Bertz CT molecular complexity index is 1010. The average Bonchev–Trinajstić information content (AvgIpc) is 3.69. The number of carbonyl (C=O) groups excluding carboxylic acids is 2. The molecule has 35 heavy (non-hydrogen) atoms. The molecule has 1 N–H and O–H groups in total. The number of nitrogens with zero attached hydrogens (tertiary/aromatic N) is 2. The van der Waals surface area contributed by atoms with Gasteiger partial charge in [-0.2, -0.15) is 0 Å². The maximum atomic E-state index is 12.6. The van der Waals surface area contributed by atoms with E-state index >= 15 is 0 Å². The van der Waals surface area contributed by atoms with Crippen LogP contribution in [0.15, 0.2) is 54.6 Å². The molecule has 3 fully saturated rings. The van der Waals surface area contributed by atoms with Crippen molar-refractivity contribution in [3.8, 4) is 5.75 Å². The summed E-state index contributed by atoms with van der Waals surface area (Å²) in [6, 6.07) is 18.1. The van der Waals surface area contributed by atoms with Crippen molar-refractivity contribution in [2.45, 2.75) is 50.3 Å². The van der Waals surface area contributed by atoms with Crippen LogP contribution in [-0.4, -0.2) is 60.7 Å². The molecule has 0 bridgehead atoms. The lowest BCUT2D eigenvalue weighted by molar-refractivity contribution is -0.123. The van der Waals surface area contributed by atoms with Gasteiger partial charge in [0.15, 0.2) is 0 Å². The number of carbonyl (C=O) groups is 2. The molecule has 2 aromatic carbocycles. The summed E-state index contributed by atoms with van der Waals surface area (Å²) in [5.41, 5.74) is 1.84. The normalized spacial score (nSPS) is 20.5. The Morgan fingerprint density at radius 2 is 1.83 bits per heavy atom. The highest BCUT2D eigenvalue weighted by molar-refractivity contribution is 5.81. The van der Waals surface area contributed by atoms with Crippen LogP contribution in [0, 0.1) is 5.92 Å². The number of benzene rings is 2. The first kappa shape index (κ1) is 23.7. The molecule has 2 heterocycles. The predicted octanol–water partition coefficient (Wildman–Crippen LogP) is 4.14. The summed E-state index contributed by atoms with van der Waals surface area (Å²) < 4.78 is 11.1. The standard InChI is InChI=1S/C28H35N3O4/c1-34-24-11-7-21(8-12-24)19-31-20-28(35-27(31)33)14-17-30(18-15-28)16-13-25(22-5-3-2-4-6-22)29-26(32)23-9-10-23/h2-8,11-12,23,25H,9-10,13-20H2,1H3,(H,29,32)/t25-/m0/s1. The molecule has 2 aliphatic heterocycles. The molecule has 1 spiro atoms. The summed E-state index contributed by atoms with van der Waals surface area (Å²) in [7, 11) is 1.65. The van der Waals surface area contributed by atoms with E-state index in [0.717, 1.165) is 68.6 Å². The summed E-state index contributed by atoms with van der Waals surface area (Å²) >= 11 is 0. The van der Waals surface area contributed by atoms with E-state index in [-0.39, 0.29) is 29.6 Å². The molecule has 1 atom stereocenters. The number of nitrogens with one attached hydrogen (secondary N) is 1. The Morgan fingerprint density at radius 1 is 1.11 bits per heavy atom. The first-order valence-corrected chi connectivity index (χ1v) is 12.7. The number of rotatable bonds is 9. The van der Waals surface area contributed by atoms with E-state index in [2.05, 4.69) is 22.3 Å². The van der Waals surface area contributed by atoms with E-state index in [1.54, 1.807) is 7.11 Å². The maximum Gasteiger partial charge on any atom is 0.410 e. The molecule has 2 saturated heterocycles. The Morgan fingerprint density at radius 3 is 2.49 bits per heavy atom. The zero-order chi connectivity index (χ0) is 24.3. The summed E-state index contributed by atoms with van der Waals surface area (Å²) in [5, 5.41) is 3.28. The lowest BCUT2D eigenvalue weighted by atomic mass is 9.91. The Labute approximate surface area is 207 Å². The van der Waals surface area contributed by atoms with Crippen molar-refractivity contribution in [1.82, 2.24) is 15.1 Å².